The highest BCUT2D eigenvalue weighted by atomic mass is 35.5. The lowest BCUT2D eigenvalue weighted by molar-refractivity contribution is 0.0695. The molecule has 2 heterocycles. The molecule has 1 atom stereocenters. The summed E-state index contributed by atoms with van der Waals surface area (Å²) in [6.07, 6.45) is 0.867. The van der Waals surface area contributed by atoms with E-state index in [1.807, 2.05) is 48.2 Å². The fourth-order valence-electron chi connectivity index (χ4n) is 3.56. The highest BCUT2D eigenvalue weighted by Gasteiger charge is 2.34. The Morgan fingerprint density at radius 2 is 1.92 bits per heavy atom. The van der Waals surface area contributed by atoms with E-state index in [1.165, 1.54) is 4.88 Å². The number of thiophene rings is 1. The van der Waals surface area contributed by atoms with Crippen molar-refractivity contribution in [1.82, 2.24) is 4.90 Å². The smallest absolute Gasteiger partial charge is 0.254 e. The van der Waals surface area contributed by atoms with E-state index in [1.54, 1.807) is 17.4 Å². The summed E-state index contributed by atoms with van der Waals surface area (Å²) >= 11 is 14.4. The topological polar surface area (TPSA) is 20.3 Å². The van der Waals surface area contributed by atoms with Gasteiger partial charge >= 0.3 is 0 Å². The fraction of sp³-hybridized carbons (Fsp3) is 0.190. The van der Waals surface area contributed by atoms with Gasteiger partial charge in [-0.05, 0) is 59.7 Å². The highest BCUT2D eigenvalue weighted by molar-refractivity contribution is 7.10. The van der Waals surface area contributed by atoms with Crippen molar-refractivity contribution in [2.75, 3.05) is 6.54 Å². The molecular formula is C21H17Cl2NOS. The van der Waals surface area contributed by atoms with Crippen LogP contribution in [0.25, 0.3) is 0 Å². The molecule has 0 spiro atoms. The van der Waals surface area contributed by atoms with Crippen molar-refractivity contribution in [2.24, 2.45) is 0 Å². The van der Waals surface area contributed by atoms with Gasteiger partial charge in [-0.25, -0.2) is 0 Å². The van der Waals surface area contributed by atoms with Crippen LogP contribution in [0.4, 0.5) is 0 Å². The van der Waals surface area contributed by atoms with E-state index in [-0.39, 0.29) is 11.9 Å². The first-order chi connectivity index (χ1) is 12.6. The molecule has 0 bridgehead atoms. The average Bonchev–Trinajstić information content (AvgIpc) is 3.10. The number of fused-ring (bicyclic) bond motifs is 1. The Hall–Kier alpha value is -1.81. The number of carbonyl (C=O) groups excluding carboxylic acids is 1. The average molecular weight is 402 g/mol. The van der Waals surface area contributed by atoms with E-state index in [2.05, 4.69) is 11.4 Å². The molecular weight excluding hydrogens is 385 g/mol. The van der Waals surface area contributed by atoms with E-state index < -0.39 is 0 Å². The summed E-state index contributed by atoms with van der Waals surface area (Å²) in [6, 6.07) is 15.1. The van der Waals surface area contributed by atoms with Crippen molar-refractivity contribution in [3.8, 4) is 0 Å². The summed E-state index contributed by atoms with van der Waals surface area (Å²) in [4.78, 5) is 16.6. The van der Waals surface area contributed by atoms with Crippen LogP contribution in [0.15, 0.2) is 53.9 Å². The molecule has 4 rings (SSSR count). The zero-order chi connectivity index (χ0) is 18.3. The fourth-order valence-corrected chi connectivity index (χ4v) is 4.98. The Bertz CT molecular complexity index is 982. The largest absolute Gasteiger partial charge is 0.327 e. The molecule has 0 radical (unpaired) electrons. The van der Waals surface area contributed by atoms with Crippen LogP contribution in [0.2, 0.25) is 10.0 Å². The Labute approximate surface area is 167 Å². The molecule has 26 heavy (non-hydrogen) atoms. The van der Waals surface area contributed by atoms with E-state index in [4.69, 9.17) is 23.2 Å². The van der Waals surface area contributed by atoms with Gasteiger partial charge in [0.25, 0.3) is 5.91 Å². The van der Waals surface area contributed by atoms with E-state index >= 15 is 0 Å². The van der Waals surface area contributed by atoms with Crippen molar-refractivity contribution in [1.29, 1.82) is 0 Å². The molecule has 0 fully saturated rings. The van der Waals surface area contributed by atoms with Crippen molar-refractivity contribution >= 4 is 40.4 Å². The Morgan fingerprint density at radius 1 is 1.12 bits per heavy atom. The predicted octanol–water partition coefficient (Wildman–Crippen LogP) is 6.15. The summed E-state index contributed by atoms with van der Waals surface area (Å²) in [6.45, 7) is 2.64. The number of halogens is 2. The number of nitrogens with zero attached hydrogens (tertiary/aromatic N) is 1. The minimum absolute atomic E-state index is 0.0379. The summed E-state index contributed by atoms with van der Waals surface area (Å²) in [5, 5.41) is 3.27. The molecule has 1 aliphatic rings. The number of hydrogen-bond acceptors (Lipinski definition) is 2. The first kappa shape index (κ1) is 17.6. The van der Waals surface area contributed by atoms with E-state index in [0.717, 1.165) is 28.7 Å². The number of hydrogen-bond donors (Lipinski definition) is 0. The molecule has 0 N–H and O–H groups in total. The van der Waals surface area contributed by atoms with E-state index in [9.17, 15) is 4.79 Å². The minimum atomic E-state index is -0.193. The highest BCUT2D eigenvalue weighted by Crippen LogP contribution is 2.41. The molecule has 2 nitrogen and oxygen atoms in total. The van der Waals surface area contributed by atoms with Crippen LogP contribution in [0.3, 0.4) is 0 Å². The maximum atomic E-state index is 13.4. The normalized spacial score (nSPS) is 16.4. The monoisotopic (exact) mass is 401 g/mol. The van der Waals surface area contributed by atoms with Crippen LogP contribution in [0.1, 0.15) is 38.0 Å². The quantitative estimate of drug-likeness (QED) is 0.503. The van der Waals surface area contributed by atoms with Gasteiger partial charge in [0.05, 0.1) is 6.04 Å². The predicted molar refractivity (Wildman–Crippen MR) is 109 cm³/mol. The lowest BCUT2D eigenvalue weighted by Gasteiger charge is -2.37. The SMILES string of the molecule is Cc1ccccc1C(=O)N1CCc2sccc2[C@@H]1c1ccc(Cl)cc1Cl. The van der Waals surface area contributed by atoms with Gasteiger partial charge in [0.15, 0.2) is 0 Å². The number of carbonyl (C=O) groups is 1. The maximum absolute atomic E-state index is 13.4. The summed E-state index contributed by atoms with van der Waals surface area (Å²) in [5.74, 6) is 0.0379. The molecule has 5 heteroatoms. The van der Waals surface area contributed by atoms with Crippen molar-refractivity contribution in [3.63, 3.8) is 0 Å². The summed E-state index contributed by atoms with van der Waals surface area (Å²) in [5.41, 5.74) is 3.79. The second kappa shape index (κ2) is 7.07. The van der Waals surface area contributed by atoms with Crippen molar-refractivity contribution < 1.29 is 4.79 Å². The van der Waals surface area contributed by atoms with Crippen molar-refractivity contribution in [2.45, 2.75) is 19.4 Å². The molecule has 3 aromatic rings. The standard InChI is InChI=1S/C21H17Cl2NOS/c1-13-4-2-3-5-15(13)21(25)24-10-8-19-17(9-11-26-19)20(24)16-7-6-14(22)12-18(16)23/h2-7,9,11-12,20H,8,10H2,1H3/t20-/m0/s1. The molecule has 0 saturated heterocycles. The van der Waals surface area contributed by atoms with Gasteiger partial charge in [0.1, 0.15) is 0 Å². The van der Waals surface area contributed by atoms with Crippen molar-refractivity contribution in [3.05, 3.63) is 91.1 Å². The molecule has 1 aromatic heterocycles. The lowest BCUT2D eigenvalue weighted by atomic mass is 9.92. The summed E-state index contributed by atoms with van der Waals surface area (Å²) in [7, 11) is 0. The van der Waals surface area contributed by atoms with Gasteiger partial charge in [0.2, 0.25) is 0 Å². The first-order valence-corrected chi connectivity index (χ1v) is 10.1. The third kappa shape index (κ3) is 3.05. The van der Waals surface area contributed by atoms with Crippen LogP contribution in [0, 0.1) is 6.92 Å². The van der Waals surface area contributed by atoms with Gasteiger partial charge in [0, 0.05) is 27.0 Å². The lowest BCUT2D eigenvalue weighted by Crippen LogP contribution is -2.40. The van der Waals surface area contributed by atoms with Crippen LogP contribution >= 0.6 is 34.5 Å². The zero-order valence-corrected chi connectivity index (χ0v) is 16.5. The minimum Gasteiger partial charge on any atom is -0.327 e. The molecule has 1 aliphatic heterocycles. The number of amides is 1. The third-order valence-electron chi connectivity index (χ3n) is 4.86. The first-order valence-electron chi connectivity index (χ1n) is 8.44. The summed E-state index contributed by atoms with van der Waals surface area (Å²) < 4.78 is 0. The van der Waals surface area contributed by atoms with Crippen LogP contribution in [0.5, 0.6) is 0 Å². The maximum Gasteiger partial charge on any atom is 0.254 e. The second-order valence-corrected chi connectivity index (χ2v) is 8.28. The number of benzene rings is 2. The second-order valence-electron chi connectivity index (χ2n) is 6.43. The molecule has 1 amide bonds. The van der Waals surface area contributed by atoms with Gasteiger partial charge in [-0.15, -0.1) is 11.3 Å². The zero-order valence-electron chi connectivity index (χ0n) is 14.2. The molecule has 0 aliphatic carbocycles. The Balaban J connectivity index is 1.83. The van der Waals surface area contributed by atoms with Gasteiger partial charge in [-0.3, -0.25) is 4.79 Å². The van der Waals surface area contributed by atoms with Gasteiger partial charge in [-0.1, -0.05) is 47.5 Å². The van der Waals surface area contributed by atoms with Gasteiger partial charge < -0.3 is 4.90 Å². The van der Waals surface area contributed by atoms with Crippen LogP contribution in [-0.2, 0) is 6.42 Å². The molecule has 0 saturated carbocycles. The molecule has 0 unspecified atom stereocenters. The molecule has 132 valence electrons. The Morgan fingerprint density at radius 3 is 2.69 bits per heavy atom. The third-order valence-corrected chi connectivity index (χ3v) is 6.42. The van der Waals surface area contributed by atoms with Crippen LogP contribution < -0.4 is 0 Å². The van der Waals surface area contributed by atoms with Crippen LogP contribution in [-0.4, -0.2) is 17.4 Å². The molecule has 2 aromatic carbocycles. The van der Waals surface area contributed by atoms with E-state index in [0.29, 0.717) is 16.6 Å². The number of aryl methyl sites for hydroxylation is 1. The Kier molecular flexibility index (Phi) is 4.78. The number of rotatable bonds is 2. The van der Waals surface area contributed by atoms with Gasteiger partial charge in [-0.2, -0.15) is 0 Å².